The molecule has 2 amide bonds. The number of aryl methyl sites for hydroxylation is 1. The van der Waals surface area contributed by atoms with Crippen LogP contribution in [0.4, 0.5) is 5.69 Å². The number of fused-ring (bicyclic) bond motifs is 3. The molecule has 8 heteroatoms. The summed E-state index contributed by atoms with van der Waals surface area (Å²) in [7, 11) is 0. The van der Waals surface area contributed by atoms with E-state index in [2.05, 4.69) is 15.6 Å². The summed E-state index contributed by atoms with van der Waals surface area (Å²) >= 11 is 3.24. The number of rotatable bonds is 6. The van der Waals surface area contributed by atoms with Gasteiger partial charge in [-0.2, -0.15) is 0 Å². The first-order chi connectivity index (χ1) is 14.0. The Balaban J connectivity index is 1.41. The van der Waals surface area contributed by atoms with Crippen LogP contribution in [-0.2, 0) is 16.1 Å². The van der Waals surface area contributed by atoms with Crippen molar-refractivity contribution in [3.8, 4) is 5.75 Å². The number of nitrogens with zero attached hydrogens (tertiary/aromatic N) is 1. The monoisotopic (exact) mass is 425 g/mol. The van der Waals surface area contributed by atoms with E-state index in [0.717, 1.165) is 30.9 Å². The molecule has 0 aliphatic carbocycles. The second-order valence-corrected chi connectivity index (χ2v) is 8.72. The molecule has 0 saturated carbocycles. The van der Waals surface area contributed by atoms with Crippen molar-refractivity contribution in [3.05, 3.63) is 52.3 Å². The van der Waals surface area contributed by atoms with Crippen LogP contribution in [0, 0.1) is 6.92 Å². The second kappa shape index (κ2) is 8.18. The first kappa shape index (κ1) is 19.4. The smallest absolute Gasteiger partial charge is 0.258 e. The number of thiophene rings is 1. The lowest BCUT2D eigenvalue weighted by Gasteiger charge is -2.10. The maximum Gasteiger partial charge on any atom is 0.258 e. The first-order valence-electron chi connectivity index (χ1n) is 9.03. The number of anilines is 1. The number of carbonyl (C=O) groups excluding carboxylic acids is 2. The molecule has 0 radical (unpaired) electrons. The molecule has 29 heavy (non-hydrogen) atoms. The van der Waals surface area contributed by atoms with Crippen LogP contribution in [0.2, 0.25) is 0 Å². The van der Waals surface area contributed by atoms with Gasteiger partial charge in [-0.3, -0.25) is 9.59 Å². The molecule has 2 aromatic heterocycles. The fraction of sp³-hybridized carbons (Fsp3) is 0.190. The zero-order chi connectivity index (χ0) is 20.4. The SMILES string of the molecule is CC(=O)Nc1cccc(CNC(=O)COc2cc3sc(C)nc3c3sccc23)c1. The Morgan fingerprint density at radius 2 is 2.07 bits per heavy atom. The Bertz CT molecular complexity index is 1210. The van der Waals surface area contributed by atoms with Crippen LogP contribution < -0.4 is 15.4 Å². The van der Waals surface area contributed by atoms with Crippen molar-refractivity contribution in [2.24, 2.45) is 0 Å². The Hall–Kier alpha value is -2.97. The largest absolute Gasteiger partial charge is 0.483 e. The van der Waals surface area contributed by atoms with E-state index in [1.165, 1.54) is 6.92 Å². The normalized spacial score (nSPS) is 11.0. The third kappa shape index (κ3) is 4.38. The molecule has 0 aliphatic heterocycles. The Morgan fingerprint density at radius 3 is 2.90 bits per heavy atom. The van der Waals surface area contributed by atoms with E-state index < -0.39 is 0 Å². The fourth-order valence-corrected chi connectivity index (χ4v) is 4.90. The predicted molar refractivity (Wildman–Crippen MR) is 118 cm³/mol. The Morgan fingerprint density at radius 1 is 1.21 bits per heavy atom. The maximum atomic E-state index is 12.3. The van der Waals surface area contributed by atoms with Gasteiger partial charge in [0.25, 0.3) is 5.91 Å². The lowest BCUT2D eigenvalue weighted by molar-refractivity contribution is -0.123. The number of aromatic nitrogens is 1. The van der Waals surface area contributed by atoms with Gasteiger partial charge in [0.15, 0.2) is 6.61 Å². The quantitative estimate of drug-likeness (QED) is 0.478. The van der Waals surface area contributed by atoms with Crippen LogP contribution in [0.3, 0.4) is 0 Å². The Labute approximate surface area is 175 Å². The van der Waals surface area contributed by atoms with Gasteiger partial charge in [0, 0.05) is 30.6 Å². The highest BCUT2D eigenvalue weighted by Crippen LogP contribution is 2.38. The molecule has 0 spiro atoms. The van der Waals surface area contributed by atoms with E-state index in [9.17, 15) is 9.59 Å². The number of nitrogens with one attached hydrogen (secondary N) is 2. The van der Waals surface area contributed by atoms with Gasteiger partial charge in [-0.05, 0) is 36.1 Å². The molecule has 0 saturated heterocycles. The molecule has 0 bridgehead atoms. The molecule has 6 nitrogen and oxygen atoms in total. The van der Waals surface area contributed by atoms with Gasteiger partial charge in [0.05, 0.1) is 19.9 Å². The number of ether oxygens (including phenoxy) is 1. The van der Waals surface area contributed by atoms with Gasteiger partial charge in [-0.1, -0.05) is 12.1 Å². The van der Waals surface area contributed by atoms with Crippen molar-refractivity contribution in [1.82, 2.24) is 10.3 Å². The first-order valence-corrected chi connectivity index (χ1v) is 10.7. The van der Waals surface area contributed by atoms with Crippen molar-refractivity contribution in [2.45, 2.75) is 20.4 Å². The molecule has 0 aliphatic rings. The summed E-state index contributed by atoms with van der Waals surface area (Å²) in [6, 6.07) is 11.3. The van der Waals surface area contributed by atoms with Gasteiger partial charge in [-0.15, -0.1) is 22.7 Å². The third-order valence-electron chi connectivity index (χ3n) is 4.26. The highest BCUT2D eigenvalue weighted by Gasteiger charge is 2.13. The van der Waals surface area contributed by atoms with Gasteiger partial charge in [0.2, 0.25) is 5.91 Å². The molecule has 2 N–H and O–H groups in total. The van der Waals surface area contributed by atoms with Gasteiger partial charge >= 0.3 is 0 Å². The molecule has 4 rings (SSSR count). The van der Waals surface area contributed by atoms with E-state index in [4.69, 9.17) is 4.74 Å². The number of benzene rings is 2. The molecule has 148 valence electrons. The lowest BCUT2D eigenvalue weighted by atomic mass is 10.2. The molecule has 4 aromatic rings. The summed E-state index contributed by atoms with van der Waals surface area (Å²) in [6.07, 6.45) is 0. The van der Waals surface area contributed by atoms with Crippen molar-refractivity contribution >= 4 is 60.5 Å². The minimum absolute atomic E-state index is 0.0698. The van der Waals surface area contributed by atoms with E-state index in [1.807, 2.05) is 42.6 Å². The highest BCUT2D eigenvalue weighted by molar-refractivity contribution is 7.21. The summed E-state index contributed by atoms with van der Waals surface area (Å²) in [5.41, 5.74) is 2.59. The zero-order valence-corrected chi connectivity index (χ0v) is 17.6. The molecular formula is C21H19N3O3S2. The standard InChI is InChI=1S/C21H19N3O3S2/c1-12(25)23-15-5-3-4-14(8-15)10-22-19(26)11-27-17-9-18-20(24-13(2)29-18)21-16(17)6-7-28-21/h3-9H,10-11H2,1-2H3,(H,22,26)(H,23,25). The van der Waals surface area contributed by atoms with E-state index >= 15 is 0 Å². The van der Waals surface area contributed by atoms with Crippen LogP contribution in [0.25, 0.3) is 20.3 Å². The van der Waals surface area contributed by atoms with Crippen LogP contribution in [0.1, 0.15) is 17.5 Å². The summed E-state index contributed by atoms with van der Waals surface area (Å²) in [5, 5.41) is 9.57. The summed E-state index contributed by atoms with van der Waals surface area (Å²) in [4.78, 5) is 28.1. The van der Waals surface area contributed by atoms with Gasteiger partial charge in [0.1, 0.15) is 5.75 Å². The van der Waals surface area contributed by atoms with Gasteiger partial charge < -0.3 is 15.4 Å². The van der Waals surface area contributed by atoms with Crippen LogP contribution in [-0.4, -0.2) is 23.4 Å². The second-order valence-electron chi connectivity index (χ2n) is 6.56. The van der Waals surface area contributed by atoms with Crippen molar-refractivity contribution in [1.29, 1.82) is 0 Å². The summed E-state index contributed by atoms with van der Waals surface area (Å²) in [5.74, 6) is 0.353. The minimum Gasteiger partial charge on any atom is -0.483 e. The Kier molecular flexibility index (Phi) is 5.46. The number of carbonyl (C=O) groups is 2. The molecule has 0 unspecified atom stereocenters. The van der Waals surface area contributed by atoms with E-state index in [0.29, 0.717) is 18.0 Å². The summed E-state index contributed by atoms with van der Waals surface area (Å²) in [6.45, 7) is 3.73. The number of thiazole rings is 1. The average Bonchev–Trinajstić information content (AvgIpc) is 3.30. The van der Waals surface area contributed by atoms with Gasteiger partial charge in [-0.25, -0.2) is 4.98 Å². The molecule has 0 atom stereocenters. The summed E-state index contributed by atoms with van der Waals surface area (Å²) < 4.78 is 7.98. The minimum atomic E-state index is -0.209. The van der Waals surface area contributed by atoms with Crippen LogP contribution in [0.5, 0.6) is 5.75 Å². The highest BCUT2D eigenvalue weighted by atomic mass is 32.1. The number of amides is 2. The maximum absolute atomic E-state index is 12.3. The zero-order valence-electron chi connectivity index (χ0n) is 15.9. The van der Waals surface area contributed by atoms with Crippen molar-refractivity contribution in [3.63, 3.8) is 0 Å². The topological polar surface area (TPSA) is 80.3 Å². The lowest BCUT2D eigenvalue weighted by Crippen LogP contribution is -2.28. The van der Waals surface area contributed by atoms with Crippen LogP contribution in [0.15, 0.2) is 41.8 Å². The fourth-order valence-electron chi connectivity index (χ4n) is 3.06. The predicted octanol–water partition coefficient (Wildman–Crippen LogP) is 4.47. The van der Waals surface area contributed by atoms with Crippen LogP contribution >= 0.6 is 22.7 Å². The molecule has 0 fully saturated rings. The van der Waals surface area contributed by atoms with Crippen molar-refractivity contribution < 1.29 is 14.3 Å². The molecule has 2 aromatic carbocycles. The average molecular weight is 426 g/mol. The molecular weight excluding hydrogens is 406 g/mol. The van der Waals surface area contributed by atoms with E-state index in [-0.39, 0.29) is 18.4 Å². The number of hydrogen-bond donors (Lipinski definition) is 2. The molecule has 2 heterocycles. The van der Waals surface area contributed by atoms with E-state index in [1.54, 1.807) is 28.7 Å². The number of hydrogen-bond acceptors (Lipinski definition) is 6. The van der Waals surface area contributed by atoms with Crippen molar-refractivity contribution in [2.75, 3.05) is 11.9 Å². The third-order valence-corrected chi connectivity index (χ3v) is 6.10.